The molecule has 0 radical (unpaired) electrons. The molecular formula is C13H18N6O. The van der Waals surface area contributed by atoms with Crippen molar-refractivity contribution in [1.29, 1.82) is 0 Å². The maximum atomic E-state index is 10.8. The lowest BCUT2D eigenvalue weighted by molar-refractivity contribution is -0.118. The van der Waals surface area contributed by atoms with E-state index in [1.165, 1.54) is 6.92 Å². The minimum Gasteiger partial charge on any atom is -0.356 e. The van der Waals surface area contributed by atoms with Crippen molar-refractivity contribution in [3.63, 3.8) is 0 Å². The Labute approximate surface area is 117 Å². The lowest BCUT2D eigenvalue weighted by Crippen LogP contribution is -2.27. The maximum Gasteiger partial charge on any atom is 0.250 e. The fourth-order valence-electron chi connectivity index (χ4n) is 1.84. The zero-order chi connectivity index (χ0) is 14.4. The number of hydrogen-bond donors (Lipinski definition) is 1. The molecule has 0 saturated carbocycles. The summed E-state index contributed by atoms with van der Waals surface area (Å²) in [5.74, 6) is 0.667. The van der Waals surface area contributed by atoms with Crippen molar-refractivity contribution in [2.24, 2.45) is 0 Å². The third kappa shape index (κ3) is 3.53. The van der Waals surface area contributed by atoms with E-state index in [0.717, 1.165) is 18.7 Å². The number of benzene rings is 1. The maximum absolute atomic E-state index is 10.8. The van der Waals surface area contributed by atoms with Gasteiger partial charge in [0.05, 0.1) is 5.69 Å². The van der Waals surface area contributed by atoms with Gasteiger partial charge in [0.2, 0.25) is 11.9 Å². The van der Waals surface area contributed by atoms with Crippen molar-refractivity contribution in [3.05, 3.63) is 30.3 Å². The van der Waals surface area contributed by atoms with Crippen LogP contribution < -0.4 is 10.2 Å². The molecule has 0 saturated heterocycles. The summed E-state index contributed by atoms with van der Waals surface area (Å²) in [6.45, 7) is 2.92. The monoisotopic (exact) mass is 274 g/mol. The molecule has 20 heavy (non-hydrogen) atoms. The molecule has 0 atom stereocenters. The van der Waals surface area contributed by atoms with Crippen molar-refractivity contribution in [3.8, 4) is 5.69 Å². The number of amides is 1. The van der Waals surface area contributed by atoms with Crippen LogP contribution in [0, 0.1) is 0 Å². The number of carbonyl (C=O) groups is 1. The fourth-order valence-corrected chi connectivity index (χ4v) is 1.84. The second-order valence-corrected chi connectivity index (χ2v) is 4.48. The van der Waals surface area contributed by atoms with Crippen molar-refractivity contribution in [2.75, 3.05) is 25.0 Å². The largest absolute Gasteiger partial charge is 0.356 e. The third-order valence-electron chi connectivity index (χ3n) is 2.84. The zero-order valence-electron chi connectivity index (χ0n) is 11.7. The Morgan fingerprint density at radius 1 is 1.35 bits per heavy atom. The van der Waals surface area contributed by atoms with Gasteiger partial charge in [0.15, 0.2) is 0 Å². The summed E-state index contributed by atoms with van der Waals surface area (Å²) in [4.78, 5) is 12.8. The van der Waals surface area contributed by atoms with Crippen LogP contribution >= 0.6 is 0 Å². The highest BCUT2D eigenvalue weighted by Gasteiger charge is 2.12. The Bertz CT molecular complexity index is 553. The minimum absolute atomic E-state index is 0.0122. The Hall–Kier alpha value is -2.44. The second kappa shape index (κ2) is 6.65. The molecule has 0 aliphatic heterocycles. The average Bonchev–Trinajstić information content (AvgIpc) is 2.93. The number of tetrazole rings is 1. The van der Waals surface area contributed by atoms with Gasteiger partial charge in [0.25, 0.3) is 0 Å². The molecule has 1 aromatic carbocycles. The molecule has 0 unspecified atom stereocenters. The summed E-state index contributed by atoms with van der Waals surface area (Å²) < 4.78 is 1.69. The predicted molar refractivity (Wildman–Crippen MR) is 75.7 cm³/mol. The number of carbonyl (C=O) groups excluding carboxylic acids is 1. The third-order valence-corrected chi connectivity index (χ3v) is 2.84. The van der Waals surface area contributed by atoms with E-state index in [0.29, 0.717) is 12.5 Å². The van der Waals surface area contributed by atoms with E-state index in [-0.39, 0.29) is 5.91 Å². The van der Waals surface area contributed by atoms with Gasteiger partial charge < -0.3 is 10.2 Å². The molecule has 1 aromatic heterocycles. The predicted octanol–water partition coefficient (Wildman–Crippen LogP) is 0.625. The molecule has 7 heteroatoms. The van der Waals surface area contributed by atoms with Crippen molar-refractivity contribution in [1.82, 2.24) is 25.5 Å². The van der Waals surface area contributed by atoms with Crippen molar-refractivity contribution >= 4 is 11.9 Å². The average molecular weight is 274 g/mol. The van der Waals surface area contributed by atoms with Gasteiger partial charge >= 0.3 is 0 Å². The van der Waals surface area contributed by atoms with Gasteiger partial charge in [0.1, 0.15) is 0 Å². The number of para-hydroxylation sites is 1. The number of nitrogens with one attached hydrogen (secondary N) is 1. The lowest BCUT2D eigenvalue weighted by Gasteiger charge is -2.17. The van der Waals surface area contributed by atoms with Gasteiger partial charge in [-0.2, -0.15) is 4.68 Å². The smallest absolute Gasteiger partial charge is 0.250 e. The van der Waals surface area contributed by atoms with E-state index in [4.69, 9.17) is 0 Å². The SMILES string of the molecule is CC(=O)NCCCN(C)c1nnnn1-c1ccccc1. The number of nitrogens with zero attached hydrogens (tertiary/aromatic N) is 5. The fraction of sp³-hybridized carbons (Fsp3) is 0.385. The van der Waals surface area contributed by atoms with Gasteiger partial charge in [-0.1, -0.05) is 23.3 Å². The highest BCUT2D eigenvalue weighted by molar-refractivity contribution is 5.72. The van der Waals surface area contributed by atoms with Crippen LogP contribution in [0.1, 0.15) is 13.3 Å². The molecule has 7 nitrogen and oxygen atoms in total. The van der Waals surface area contributed by atoms with Gasteiger partial charge in [-0.15, -0.1) is 0 Å². The zero-order valence-corrected chi connectivity index (χ0v) is 11.7. The van der Waals surface area contributed by atoms with Gasteiger partial charge in [-0.25, -0.2) is 0 Å². The first-order chi connectivity index (χ1) is 9.68. The summed E-state index contributed by atoms with van der Waals surface area (Å²) in [5.41, 5.74) is 0.918. The molecule has 2 aromatic rings. The number of rotatable bonds is 6. The van der Waals surface area contributed by atoms with E-state index >= 15 is 0 Å². The molecule has 2 rings (SSSR count). The molecule has 0 fully saturated rings. The highest BCUT2D eigenvalue weighted by atomic mass is 16.1. The van der Waals surface area contributed by atoms with Crippen molar-refractivity contribution in [2.45, 2.75) is 13.3 Å². The summed E-state index contributed by atoms with van der Waals surface area (Å²) >= 11 is 0. The van der Waals surface area contributed by atoms with E-state index in [1.807, 2.05) is 42.3 Å². The summed E-state index contributed by atoms with van der Waals surface area (Å²) in [7, 11) is 1.93. The Balaban J connectivity index is 1.99. The van der Waals surface area contributed by atoms with Crippen LogP contribution in [0.4, 0.5) is 5.95 Å². The molecule has 0 aliphatic rings. The summed E-state index contributed by atoms with van der Waals surface area (Å²) in [5, 5.41) is 14.6. The van der Waals surface area contributed by atoms with E-state index in [9.17, 15) is 4.79 Å². The molecule has 0 spiro atoms. The molecule has 0 aliphatic carbocycles. The first kappa shape index (κ1) is 14.0. The van der Waals surface area contributed by atoms with Crippen LogP contribution in [-0.4, -0.2) is 46.3 Å². The first-order valence-corrected chi connectivity index (χ1v) is 6.48. The van der Waals surface area contributed by atoms with Crippen LogP contribution in [0.3, 0.4) is 0 Å². The van der Waals surface area contributed by atoms with Gasteiger partial charge in [-0.3, -0.25) is 4.79 Å². The van der Waals surface area contributed by atoms with E-state index in [1.54, 1.807) is 4.68 Å². The summed E-state index contributed by atoms with van der Waals surface area (Å²) in [6.07, 6.45) is 0.831. The van der Waals surface area contributed by atoms with Crippen molar-refractivity contribution < 1.29 is 4.79 Å². The van der Waals surface area contributed by atoms with Crippen LogP contribution in [0.2, 0.25) is 0 Å². The number of aromatic nitrogens is 4. The van der Waals surface area contributed by atoms with Crippen LogP contribution in [0.25, 0.3) is 5.69 Å². The molecule has 106 valence electrons. The standard InChI is InChI=1S/C13H18N6O/c1-11(20)14-9-6-10-18(2)13-15-16-17-19(13)12-7-4-3-5-8-12/h3-5,7-8H,6,9-10H2,1-2H3,(H,14,20). The number of anilines is 1. The Morgan fingerprint density at radius 3 is 2.80 bits per heavy atom. The second-order valence-electron chi connectivity index (χ2n) is 4.48. The Kier molecular flexibility index (Phi) is 4.65. The van der Waals surface area contributed by atoms with Gasteiger partial charge in [-0.05, 0) is 29.0 Å². The van der Waals surface area contributed by atoms with E-state index in [2.05, 4.69) is 20.8 Å². The Morgan fingerprint density at radius 2 is 2.10 bits per heavy atom. The molecular weight excluding hydrogens is 256 g/mol. The molecule has 1 N–H and O–H groups in total. The quantitative estimate of drug-likeness (QED) is 0.782. The highest BCUT2D eigenvalue weighted by Crippen LogP contribution is 2.13. The first-order valence-electron chi connectivity index (χ1n) is 6.48. The molecule has 1 heterocycles. The van der Waals surface area contributed by atoms with Gasteiger partial charge in [0, 0.05) is 27.1 Å². The van der Waals surface area contributed by atoms with Crippen LogP contribution in [0.15, 0.2) is 30.3 Å². The number of hydrogen-bond acceptors (Lipinski definition) is 5. The topological polar surface area (TPSA) is 75.9 Å². The van der Waals surface area contributed by atoms with Crippen LogP contribution in [0.5, 0.6) is 0 Å². The molecule has 0 bridgehead atoms. The lowest BCUT2D eigenvalue weighted by atomic mass is 10.3. The summed E-state index contributed by atoms with van der Waals surface area (Å²) in [6, 6.07) is 9.73. The van der Waals surface area contributed by atoms with Crippen LogP contribution in [-0.2, 0) is 4.79 Å². The van der Waals surface area contributed by atoms with E-state index < -0.39 is 0 Å². The molecule has 1 amide bonds. The normalized spacial score (nSPS) is 10.3. The minimum atomic E-state index is -0.0122.